The average molecular weight is 142 g/mol. The third-order valence-electron chi connectivity index (χ3n) is 1.70. The lowest BCUT2D eigenvalue weighted by atomic mass is 10.1. The Labute approximate surface area is 65.7 Å². The van der Waals surface area contributed by atoms with E-state index in [9.17, 15) is 0 Å². The van der Waals surface area contributed by atoms with E-state index in [0.717, 1.165) is 10.9 Å². The van der Waals surface area contributed by atoms with Crippen molar-refractivity contribution in [1.82, 2.24) is 4.98 Å². The summed E-state index contributed by atoms with van der Waals surface area (Å²) in [5, 5.41) is 1.15. The molecule has 2 aromatic rings. The SMILES string of the molecule is Cc1ccc2c[c]cnc2c1. The minimum atomic E-state index is 1.05. The van der Waals surface area contributed by atoms with E-state index in [1.807, 2.05) is 6.07 Å². The second-order valence-electron chi connectivity index (χ2n) is 2.63. The van der Waals surface area contributed by atoms with E-state index in [-0.39, 0.29) is 0 Å². The number of hydrogen-bond acceptors (Lipinski definition) is 1. The van der Waals surface area contributed by atoms with Gasteiger partial charge in [0.25, 0.3) is 0 Å². The summed E-state index contributed by atoms with van der Waals surface area (Å²) in [6.07, 6.45) is 1.70. The van der Waals surface area contributed by atoms with Gasteiger partial charge in [0.05, 0.1) is 5.52 Å². The van der Waals surface area contributed by atoms with Crippen LogP contribution in [0.25, 0.3) is 10.9 Å². The van der Waals surface area contributed by atoms with Gasteiger partial charge in [-0.25, -0.2) is 0 Å². The Morgan fingerprint density at radius 3 is 3.18 bits per heavy atom. The number of hydrogen-bond donors (Lipinski definition) is 0. The van der Waals surface area contributed by atoms with Crippen molar-refractivity contribution >= 4 is 10.9 Å². The monoisotopic (exact) mass is 142 g/mol. The predicted molar refractivity (Wildman–Crippen MR) is 45.3 cm³/mol. The van der Waals surface area contributed by atoms with E-state index in [0.29, 0.717) is 0 Å². The maximum Gasteiger partial charge on any atom is 0.0705 e. The molecule has 0 aliphatic heterocycles. The molecule has 11 heavy (non-hydrogen) atoms. The molecule has 1 radical (unpaired) electrons. The van der Waals surface area contributed by atoms with Gasteiger partial charge in [0, 0.05) is 17.6 Å². The fraction of sp³-hybridized carbons (Fsp3) is 0.100. The van der Waals surface area contributed by atoms with Gasteiger partial charge in [0.15, 0.2) is 0 Å². The van der Waals surface area contributed by atoms with Gasteiger partial charge < -0.3 is 0 Å². The van der Waals surface area contributed by atoms with Crippen molar-refractivity contribution < 1.29 is 0 Å². The summed E-state index contributed by atoms with van der Waals surface area (Å²) in [4.78, 5) is 4.19. The van der Waals surface area contributed by atoms with Crippen LogP contribution in [0.4, 0.5) is 0 Å². The number of nitrogens with zero attached hydrogens (tertiary/aromatic N) is 1. The molecule has 1 nitrogen and oxygen atoms in total. The van der Waals surface area contributed by atoms with E-state index in [2.05, 4.69) is 36.2 Å². The molecule has 2 rings (SSSR count). The molecule has 0 atom stereocenters. The van der Waals surface area contributed by atoms with Crippen LogP contribution < -0.4 is 0 Å². The highest BCUT2D eigenvalue weighted by Gasteiger charge is 1.91. The molecule has 0 saturated carbocycles. The maximum absolute atomic E-state index is 4.19. The minimum absolute atomic E-state index is 1.05. The van der Waals surface area contributed by atoms with Gasteiger partial charge >= 0.3 is 0 Å². The molecule has 0 unspecified atom stereocenters. The summed E-state index contributed by atoms with van der Waals surface area (Å²) < 4.78 is 0. The van der Waals surface area contributed by atoms with Crippen molar-refractivity contribution in [2.75, 3.05) is 0 Å². The lowest BCUT2D eigenvalue weighted by Gasteiger charge is -1.95. The fourth-order valence-electron chi connectivity index (χ4n) is 1.12. The van der Waals surface area contributed by atoms with Crippen LogP contribution in [0.5, 0.6) is 0 Å². The van der Waals surface area contributed by atoms with E-state index in [1.54, 1.807) is 6.20 Å². The first-order valence-electron chi connectivity index (χ1n) is 3.59. The molecule has 1 heterocycles. The molecule has 0 fully saturated rings. The number of aryl methyl sites for hydroxylation is 1. The maximum atomic E-state index is 4.19. The summed E-state index contributed by atoms with van der Waals surface area (Å²) in [5.41, 5.74) is 2.29. The zero-order valence-corrected chi connectivity index (χ0v) is 6.33. The summed E-state index contributed by atoms with van der Waals surface area (Å²) in [6, 6.07) is 11.1. The van der Waals surface area contributed by atoms with Crippen LogP contribution in [0.1, 0.15) is 5.56 Å². The standard InChI is InChI=1S/C10H8N/c1-8-4-5-9-3-2-6-11-10(9)7-8/h3-7H,1H3. The molecule has 1 aromatic heterocycles. The Balaban J connectivity index is 2.83. The van der Waals surface area contributed by atoms with Gasteiger partial charge in [0.1, 0.15) is 0 Å². The first-order chi connectivity index (χ1) is 5.36. The van der Waals surface area contributed by atoms with Crippen LogP contribution in [-0.4, -0.2) is 4.98 Å². The third kappa shape index (κ3) is 1.09. The zero-order chi connectivity index (χ0) is 7.68. The Hall–Kier alpha value is -1.37. The van der Waals surface area contributed by atoms with Crippen LogP contribution in [0, 0.1) is 13.0 Å². The number of benzene rings is 1. The highest BCUT2D eigenvalue weighted by molar-refractivity contribution is 5.78. The summed E-state index contributed by atoms with van der Waals surface area (Å²) in [6.45, 7) is 2.07. The predicted octanol–water partition coefficient (Wildman–Crippen LogP) is 2.34. The minimum Gasteiger partial charge on any atom is -0.256 e. The lowest BCUT2D eigenvalue weighted by molar-refractivity contribution is 1.38. The number of aromatic nitrogens is 1. The number of rotatable bonds is 0. The molecule has 0 spiro atoms. The molecular formula is C10H8N. The van der Waals surface area contributed by atoms with Gasteiger partial charge in [0.2, 0.25) is 0 Å². The molecule has 0 aliphatic rings. The second-order valence-corrected chi connectivity index (χ2v) is 2.63. The first kappa shape index (κ1) is 6.35. The number of fused-ring (bicyclic) bond motifs is 1. The van der Waals surface area contributed by atoms with Crippen LogP contribution in [-0.2, 0) is 0 Å². The molecule has 0 amide bonds. The molecule has 0 aliphatic carbocycles. The fourth-order valence-corrected chi connectivity index (χ4v) is 1.12. The topological polar surface area (TPSA) is 12.9 Å². The molecule has 1 heteroatoms. The average Bonchev–Trinajstić information content (AvgIpc) is 2.04. The summed E-state index contributed by atoms with van der Waals surface area (Å²) in [5.74, 6) is 0. The first-order valence-corrected chi connectivity index (χ1v) is 3.59. The molecule has 0 N–H and O–H groups in total. The highest BCUT2D eigenvalue weighted by Crippen LogP contribution is 2.11. The van der Waals surface area contributed by atoms with Crippen molar-refractivity contribution in [2.24, 2.45) is 0 Å². The largest absolute Gasteiger partial charge is 0.256 e. The lowest BCUT2D eigenvalue weighted by Crippen LogP contribution is -1.78. The Bertz CT molecular complexity index is 379. The molecule has 0 bridgehead atoms. The van der Waals surface area contributed by atoms with Gasteiger partial charge in [-0.3, -0.25) is 4.98 Å². The Morgan fingerprint density at radius 1 is 1.36 bits per heavy atom. The van der Waals surface area contributed by atoms with Crippen LogP contribution in [0.2, 0.25) is 0 Å². The quantitative estimate of drug-likeness (QED) is 0.550. The third-order valence-corrected chi connectivity index (χ3v) is 1.70. The smallest absolute Gasteiger partial charge is 0.0705 e. The van der Waals surface area contributed by atoms with Crippen LogP contribution in [0.15, 0.2) is 30.5 Å². The van der Waals surface area contributed by atoms with Gasteiger partial charge in [-0.15, -0.1) is 0 Å². The van der Waals surface area contributed by atoms with E-state index >= 15 is 0 Å². The second kappa shape index (κ2) is 2.35. The van der Waals surface area contributed by atoms with Crippen LogP contribution >= 0.6 is 0 Å². The molecular weight excluding hydrogens is 134 g/mol. The Kier molecular flexibility index (Phi) is 1.35. The van der Waals surface area contributed by atoms with Gasteiger partial charge in [-0.2, -0.15) is 0 Å². The van der Waals surface area contributed by atoms with Crippen molar-refractivity contribution in [1.29, 1.82) is 0 Å². The van der Waals surface area contributed by atoms with Gasteiger partial charge in [-0.1, -0.05) is 12.1 Å². The van der Waals surface area contributed by atoms with E-state index in [1.165, 1.54) is 5.56 Å². The van der Waals surface area contributed by atoms with Crippen molar-refractivity contribution in [3.05, 3.63) is 42.1 Å². The molecule has 0 saturated heterocycles. The Morgan fingerprint density at radius 2 is 2.27 bits per heavy atom. The summed E-state index contributed by atoms with van der Waals surface area (Å²) >= 11 is 0. The van der Waals surface area contributed by atoms with Crippen molar-refractivity contribution in [2.45, 2.75) is 6.92 Å². The van der Waals surface area contributed by atoms with E-state index < -0.39 is 0 Å². The van der Waals surface area contributed by atoms with Crippen LogP contribution in [0.3, 0.4) is 0 Å². The number of pyridine rings is 1. The molecule has 53 valence electrons. The van der Waals surface area contributed by atoms with E-state index in [4.69, 9.17) is 0 Å². The summed E-state index contributed by atoms with van der Waals surface area (Å²) in [7, 11) is 0. The molecule has 1 aromatic carbocycles. The van der Waals surface area contributed by atoms with Crippen molar-refractivity contribution in [3.63, 3.8) is 0 Å². The van der Waals surface area contributed by atoms with Gasteiger partial charge in [-0.05, 0) is 24.6 Å². The normalized spacial score (nSPS) is 10.3. The van der Waals surface area contributed by atoms with Crippen molar-refractivity contribution in [3.8, 4) is 0 Å². The highest BCUT2D eigenvalue weighted by atomic mass is 14.6. The zero-order valence-electron chi connectivity index (χ0n) is 6.33.